The third-order valence-corrected chi connectivity index (χ3v) is 4.20. The second-order valence-electron chi connectivity index (χ2n) is 5.39. The number of aliphatic carboxylic acids is 1. The SMILES string of the molecule is COC(=O)CCc1csc(NC(=O)Nc2cccc(CCC(=O)O)c2)n1. The van der Waals surface area contributed by atoms with Gasteiger partial charge in [-0.25, -0.2) is 9.78 Å². The molecule has 0 spiro atoms. The number of ether oxygens (including phenoxy) is 1. The fraction of sp³-hybridized carbons (Fsp3) is 0.294. The molecule has 0 saturated heterocycles. The van der Waals surface area contributed by atoms with Crippen molar-refractivity contribution in [2.24, 2.45) is 0 Å². The van der Waals surface area contributed by atoms with E-state index >= 15 is 0 Å². The first-order valence-electron chi connectivity index (χ1n) is 7.86. The average molecular weight is 377 g/mol. The number of anilines is 2. The predicted molar refractivity (Wildman–Crippen MR) is 97.5 cm³/mol. The standard InChI is InChI=1S/C17H19N3O5S/c1-25-15(23)8-6-13-10-26-17(19-13)20-16(24)18-12-4-2-3-11(9-12)5-7-14(21)22/h2-4,9-10H,5-8H2,1H3,(H,21,22)(H2,18,19,20,24). The predicted octanol–water partition coefficient (Wildman–Crippen LogP) is 2.91. The highest BCUT2D eigenvalue weighted by Crippen LogP contribution is 2.18. The maximum absolute atomic E-state index is 12.1. The molecule has 0 bridgehead atoms. The molecule has 0 atom stereocenters. The van der Waals surface area contributed by atoms with Crippen LogP contribution >= 0.6 is 11.3 Å². The van der Waals surface area contributed by atoms with Crippen molar-refractivity contribution in [3.63, 3.8) is 0 Å². The van der Waals surface area contributed by atoms with Crippen molar-refractivity contribution in [3.8, 4) is 0 Å². The third-order valence-electron chi connectivity index (χ3n) is 3.40. The highest BCUT2D eigenvalue weighted by atomic mass is 32.1. The number of urea groups is 1. The minimum absolute atomic E-state index is 0.0309. The number of methoxy groups -OCH3 is 1. The molecule has 3 N–H and O–H groups in total. The fourth-order valence-corrected chi connectivity index (χ4v) is 2.87. The number of carboxylic acids is 1. The molecule has 0 radical (unpaired) electrons. The van der Waals surface area contributed by atoms with E-state index in [1.165, 1.54) is 18.4 Å². The number of nitrogens with one attached hydrogen (secondary N) is 2. The van der Waals surface area contributed by atoms with Crippen molar-refractivity contribution in [1.29, 1.82) is 0 Å². The van der Waals surface area contributed by atoms with Crippen molar-refractivity contribution in [2.45, 2.75) is 25.7 Å². The number of nitrogens with zero attached hydrogens (tertiary/aromatic N) is 1. The Kier molecular flexibility index (Phi) is 7.10. The van der Waals surface area contributed by atoms with E-state index in [1.54, 1.807) is 29.6 Å². The summed E-state index contributed by atoms with van der Waals surface area (Å²) in [6, 6.07) is 6.55. The van der Waals surface area contributed by atoms with E-state index in [-0.39, 0.29) is 18.8 Å². The minimum Gasteiger partial charge on any atom is -0.481 e. The number of hydrogen-bond donors (Lipinski definition) is 3. The second kappa shape index (κ2) is 9.52. The van der Waals surface area contributed by atoms with Gasteiger partial charge >= 0.3 is 18.0 Å². The highest BCUT2D eigenvalue weighted by molar-refractivity contribution is 7.13. The Balaban J connectivity index is 1.87. The van der Waals surface area contributed by atoms with Gasteiger partial charge in [-0.3, -0.25) is 14.9 Å². The molecule has 1 aromatic carbocycles. The van der Waals surface area contributed by atoms with Gasteiger partial charge in [-0.15, -0.1) is 11.3 Å². The number of carbonyl (C=O) groups is 3. The Labute approximate surface area is 154 Å². The molecule has 2 rings (SSSR count). The van der Waals surface area contributed by atoms with E-state index in [9.17, 15) is 14.4 Å². The normalized spacial score (nSPS) is 10.2. The lowest BCUT2D eigenvalue weighted by Crippen LogP contribution is -2.19. The van der Waals surface area contributed by atoms with Gasteiger partial charge in [0.25, 0.3) is 0 Å². The summed E-state index contributed by atoms with van der Waals surface area (Å²) >= 11 is 1.26. The van der Waals surface area contributed by atoms with E-state index in [1.807, 2.05) is 0 Å². The number of amides is 2. The molecule has 2 aromatic rings. The smallest absolute Gasteiger partial charge is 0.325 e. The van der Waals surface area contributed by atoms with Gasteiger partial charge in [0.2, 0.25) is 0 Å². The monoisotopic (exact) mass is 377 g/mol. The van der Waals surface area contributed by atoms with Crippen LogP contribution in [0.25, 0.3) is 0 Å². The van der Waals surface area contributed by atoms with Crippen LogP contribution < -0.4 is 10.6 Å². The largest absolute Gasteiger partial charge is 0.481 e. The summed E-state index contributed by atoms with van der Waals surface area (Å²) in [6.07, 6.45) is 1.10. The molecule has 0 aliphatic carbocycles. The number of aryl methyl sites for hydroxylation is 2. The summed E-state index contributed by atoms with van der Waals surface area (Å²) in [5, 5.41) is 16.2. The molecule has 1 heterocycles. The van der Waals surface area contributed by atoms with Crippen molar-refractivity contribution in [2.75, 3.05) is 17.7 Å². The molecule has 9 heteroatoms. The van der Waals surface area contributed by atoms with E-state index in [0.29, 0.717) is 29.4 Å². The molecule has 0 fully saturated rings. The minimum atomic E-state index is -0.868. The first kappa shape index (κ1) is 19.4. The maximum atomic E-state index is 12.1. The number of carboxylic acid groups (broad SMARTS) is 1. The van der Waals surface area contributed by atoms with Crippen LogP contribution in [0.2, 0.25) is 0 Å². The van der Waals surface area contributed by atoms with Crippen LogP contribution in [0.4, 0.5) is 15.6 Å². The number of aromatic nitrogens is 1. The molecule has 8 nitrogen and oxygen atoms in total. The van der Waals surface area contributed by atoms with Gasteiger partial charge in [-0.1, -0.05) is 12.1 Å². The Bertz CT molecular complexity index is 790. The van der Waals surface area contributed by atoms with Crippen LogP contribution in [0.15, 0.2) is 29.6 Å². The van der Waals surface area contributed by atoms with Gasteiger partial charge in [-0.2, -0.15) is 0 Å². The number of esters is 1. The van der Waals surface area contributed by atoms with Crippen molar-refractivity contribution in [1.82, 2.24) is 4.98 Å². The number of rotatable bonds is 8. The van der Waals surface area contributed by atoms with Crippen LogP contribution in [0.5, 0.6) is 0 Å². The lowest BCUT2D eigenvalue weighted by molar-refractivity contribution is -0.140. The molecule has 138 valence electrons. The second-order valence-corrected chi connectivity index (χ2v) is 6.25. The molecular formula is C17H19N3O5S. The van der Waals surface area contributed by atoms with Gasteiger partial charge in [0.1, 0.15) is 0 Å². The lowest BCUT2D eigenvalue weighted by Gasteiger charge is -2.07. The van der Waals surface area contributed by atoms with Crippen molar-refractivity contribution in [3.05, 3.63) is 40.9 Å². The molecule has 0 aliphatic rings. The van der Waals surface area contributed by atoms with Gasteiger partial charge < -0.3 is 15.2 Å². The molecule has 0 unspecified atom stereocenters. The maximum Gasteiger partial charge on any atom is 0.325 e. The van der Waals surface area contributed by atoms with E-state index in [0.717, 1.165) is 5.56 Å². The van der Waals surface area contributed by atoms with Gasteiger partial charge in [0.05, 0.1) is 19.2 Å². The van der Waals surface area contributed by atoms with Gasteiger partial charge in [-0.05, 0) is 24.1 Å². The molecular weight excluding hydrogens is 358 g/mol. The van der Waals surface area contributed by atoms with E-state index in [4.69, 9.17) is 5.11 Å². The quantitative estimate of drug-likeness (QED) is 0.609. The fourth-order valence-electron chi connectivity index (χ4n) is 2.13. The Morgan fingerprint density at radius 3 is 2.73 bits per heavy atom. The van der Waals surface area contributed by atoms with Crippen LogP contribution in [0, 0.1) is 0 Å². The van der Waals surface area contributed by atoms with Crippen molar-refractivity contribution < 1.29 is 24.2 Å². The average Bonchev–Trinajstić information content (AvgIpc) is 3.05. The van der Waals surface area contributed by atoms with Crippen LogP contribution in [0.1, 0.15) is 24.1 Å². The summed E-state index contributed by atoms with van der Waals surface area (Å²) in [4.78, 5) is 38.1. The molecule has 2 amide bonds. The van der Waals surface area contributed by atoms with Crippen LogP contribution in [-0.2, 0) is 27.2 Å². The summed E-state index contributed by atoms with van der Waals surface area (Å²) in [5.74, 6) is -1.18. The molecule has 26 heavy (non-hydrogen) atoms. The third kappa shape index (κ3) is 6.52. The Hall–Kier alpha value is -2.94. The molecule has 1 aromatic heterocycles. The highest BCUT2D eigenvalue weighted by Gasteiger charge is 2.09. The topological polar surface area (TPSA) is 118 Å². The molecule has 0 saturated carbocycles. The van der Waals surface area contributed by atoms with Crippen LogP contribution in [0.3, 0.4) is 0 Å². The number of carbonyl (C=O) groups excluding carboxylic acids is 2. The van der Waals surface area contributed by atoms with Gasteiger partial charge in [0, 0.05) is 23.9 Å². The molecule has 0 aliphatic heterocycles. The van der Waals surface area contributed by atoms with Gasteiger partial charge in [0.15, 0.2) is 5.13 Å². The van der Waals surface area contributed by atoms with Crippen molar-refractivity contribution >= 4 is 40.1 Å². The first-order chi connectivity index (χ1) is 12.5. The zero-order valence-corrected chi connectivity index (χ0v) is 15.0. The number of thiazole rings is 1. The summed E-state index contributed by atoms with van der Waals surface area (Å²) in [5.41, 5.74) is 2.09. The zero-order valence-electron chi connectivity index (χ0n) is 14.2. The number of benzene rings is 1. The lowest BCUT2D eigenvalue weighted by atomic mass is 10.1. The number of hydrogen-bond acceptors (Lipinski definition) is 6. The van der Waals surface area contributed by atoms with E-state index in [2.05, 4.69) is 20.4 Å². The van der Waals surface area contributed by atoms with E-state index < -0.39 is 12.0 Å². The first-order valence-corrected chi connectivity index (χ1v) is 8.74. The summed E-state index contributed by atoms with van der Waals surface area (Å²) < 4.78 is 4.57. The zero-order chi connectivity index (χ0) is 18.9. The Morgan fingerprint density at radius 1 is 1.19 bits per heavy atom. The van der Waals surface area contributed by atoms with Crippen LogP contribution in [-0.4, -0.2) is 35.2 Å². The summed E-state index contributed by atoms with van der Waals surface area (Å²) in [7, 11) is 1.33. The Morgan fingerprint density at radius 2 is 2.00 bits per heavy atom. The summed E-state index contributed by atoms with van der Waals surface area (Å²) in [6.45, 7) is 0.